The molecule has 0 saturated heterocycles. The molecule has 0 aliphatic rings. The van der Waals surface area contributed by atoms with Gasteiger partial charge in [0.05, 0.1) is 12.2 Å². The number of aliphatic carboxylic acids is 1. The van der Waals surface area contributed by atoms with E-state index in [1.54, 1.807) is 37.3 Å². The van der Waals surface area contributed by atoms with Crippen LogP contribution in [0.15, 0.2) is 42.5 Å². The number of aryl methyl sites for hydroxylation is 1. The van der Waals surface area contributed by atoms with E-state index in [4.69, 9.17) is 9.84 Å². The lowest BCUT2D eigenvalue weighted by atomic mass is 10.1. The lowest BCUT2D eigenvalue weighted by Crippen LogP contribution is -2.23. The Morgan fingerprint density at radius 1 is 1.16 bits per heavy atom. The average molecular weight is 345 g/mol. The molecule has 0 unspecified atom stereocenters. The van der Waals surface area contributed by atoms with E-state index in [1.165, 1.54) is 12.1 Å². The molecule has 1 amide bonds. The summed E-state index contributed by atoms with van der Waals surface area (Å²) >= 11 is 0. The highest BCUT2D eigenvalue weighted by molar-refractivity contribution is 5.94. The first kappa shape index (κ1) is 18.4. The largest absolute Gasteiger partial charge is 0.494 e. The Morgan fingerprint density at radius 2 is 1.88 bits per heavy atom. The monoisotopic (exact) mass is 345 g/mol. The number of hydrogen-bond acceptors (Lipinski definition) is 3. The van der Waals surface area contributed by atoms with Crippen LogP contribution in [0.3, 0.4) is 0 Å². The van der Waals surface area contributed by atoms with E-state index in [9.17, 15) is 14.0 Å². The zero-order chi connectivity index (χ0) is 18.2. The van der Waals surface area contributed by atoms with Gasteiger partial charge >= 0.3 is 5.97 Å². The third-order valence-electron chi connectivity index (χ3n) is 3.55. The third kappa shape index (κ3) is 5.91. The van der Waals surface area contributed by atoms with E-state index in [2.05, 4.69) is 5.32 Å². The van der Waals surface area contributed by atoms with E-state index >= 15 is 0 Å². The molecule has 0 fully saturated rings. The van der Waals surface area contributed by atoms with Gasteiger partial charge in [-0.25, -0.2) is 4.39 Å². The molecule has 2 aromatic carbocycles. The maximum Gasteiger partial charge on any atom is 0.303 e. The summed E-state index contributed by atoms with van der Waals surface area (Å²) in [5, 5.41) is 11.2. The molecular weight excluding hydrogens is 325 g/mol. The second-order valence-electron chi connectivity index (χ2n) is 5.66. The predicted octanol–water partition coefficient (Wildman–Crippen LogP) is 3.31. The first-order chi connectivity index (χ1) is 12.0. The zero-order valence-electron chi connectivity index (χ0n) is 13.9. The van der Waals surface area contributed by atoms with Gasteiger partial charge in [0, 0.05) is 13.0 Å². The molecule has 2 rings (SSSR count). The standard InChI is InChI=1S/C19H20FNO4/c1-13-4-9-17(20)16(11-13)19(24)21-12-14-5-7-15(8-6-14)25-10-2-3-18(22)23/h4-9,11H,2-3,10,12H2,1H3,(H,21,24)(H,22,23). The minimum absolute atomic E-state index is 0.0263. The van der Waals surface area contributed by atoms with Crippen LogP contribution < -0.4 is 10.1 Å². The summed E-state index contributed by atoms with van der Waals surface area (Å²) in [4.78, 5) is 22.5. The molecule has 132 valence electrons. The Hall–Kier alpha value is -2.89. The molecule has 2 aromatic rings. The van der Waals surface area contributed by atoms with Crippen LogP contribution in [-0.4, -0.2) is 23.6 Å². The SMILES string of the molecule is Cc1ccc(F)c(C(=O)NCc2ccc(OCCCC(=O)O)cc2)c1. The average Bonchev–Trinajstić information content (AvgIpc) is 2.59. The molecule has 0 saturated carbocycles. The van der Waals surface area contributed by atoms with Crippen molar-refractivity contribution in [2.24, 2.45) is 0 Å². The van der Waals surface area contributed by atoms with E-state index in [-0.39, 0.29) is 18.5 Å². The van der Waals surface area contributed by atoms with Crippen LogP contribution in [0.2, 0.25) is 0 Å². The fraction of sp³-hybridized carbons (Fsp3) is 0.263. The van der Waals surface area contributed by atoms with Crippen molar-refractivity contribution in [1.82, 2.24) is 5.32 Å². The number of benzene rings is 2. The van der Waals surface area contributed by atoms with Gasteiger partial charge in [0.1, 0.15) is 11.6 Å². The molecule has 0 spiro atoms. The van der Waals surface area contributed by atoms with Crippen LogP contribution in [0, 0.1) is 12.7 Å². The summed E-state index contributed by atoms with van der Waals surface area (Å²) in [6.45, 7) is 2.39. The van der Waals surface area contributed by atoms with Gasteiger partial charge in [0.25, 0.3) is 5.91 Å². The van der Waals surface area contributed by atoms with Crippen molar-refractivity contribution in [3.63, 3.8) is 0 Å². The minimum atomic E-state index is -0.847. The molecule has 0 aliphatic heterocycles. The molecule has 0 atom stereocenters. The molecule has 25 heavy (non-hydrogen) atoms. The molecule has 0 heterocycles. The maximum absolute atomic E-state index is 13.7. The summed E-state index contributed by atoms with van der Waals surface area (Å²) in [5.74, 6) is -1.23. The highest BCUT2D eigenvalue weighted by Crippen LogP contribution is 2.14. The van der Waals surface area contributed by atoms with Crippen molar-refractivity contribution in [3.05, 3.63) is 65.0 Å². The molecule has 0 bridgehead atoms. The normalized spacial score (nSPS) is 10.3. The van der Waals surface area contributed by atoms with Crippen molar-refractivity contribution in [3.8, 4) is 5.75 Å². The number of carbonyl (C=O) groups excluding carboxylic acids is 1. The second kappa shape index (κ2) is 8.82. The van der Waals surface area contributed by atoms with Crippen LogP contribution in [0.4, 0.5) is 4.39 Å². The van der Waals surface area contributed by atoms with Crippen molar-refractivity contribution >= 4 is 11.9 Å². The van der Waals surface area contributed by atoms with Crippen LogP contribution >= 0.6 is 0 Å². The topological polar surface area (TPSA) is 75.6 Å². The zero-order valence-corrected chi connectivity index (χ0v) is 13.9. The Bertz CT molecular complexity index is 744. The quantitative estimate of drug-likeness (QED) is 0.720. The van der Waals surface area contributed by atoms with Crippen molar-refractivity contribution in [2.75, 3.05) is 6.61 Å². The van der Waals surface area contributed by atoms with Gasteiger partial charge in [-0.05, 0) is 43.2 Å². The van der Waals surface area contributed by atoms with Gasteiger partial charge in [-0.2, -0.15) is 0 Å². The molecule has 0 radical (unpaired) electrons. The summed E-state index contributed by atoms with van der Waals surface area (Å²) in [7, 11) is 0. The summed E-state index contributed by atoms with van der Waals surface area (Å²) < 4.78 is 19.1. The number of rotatable bonds is 8. The highest BCUT2D eigenvalue weighted by atomic mass is 19.1. The van der Waals surface area contributed by atoms with Crippen molar-refractivity contribution in [2.45, 2.75) is 26.3 Å². The van der Waals surface area contributed by atoms with Crippen LogP contribution in [-0.2, 0) is 11.3 Å². The van der Waals surface area contributed by atoms with E-state index in [0.29, 0.717) is 18.8 Å². The van der Waals surface area contributed by atoms with Gasteiger partial charge in [-0.15, -0.1) is 0 Å². The molecule has 0 aliphatic carbocycles. The summed E-state index contributed by atoms with van der Waals surface area (Å²) in [6.07, 6.45) is 0.509. The number of amides is 1. The highest BCUT2D eigenvalue weighted by Gasteiger charge is 2.11. The van der Waals surface area contributed by atoms with E-state index in [0.717, 1.165) is 11.1 Å². The number of ether oxygens (including phenoxy) is 1. The minimum Gasteiger partial charge on any atom is -0.494 e. The van der Waals surface area contributed by atoms with Gasteiger partial charge in [0.15, 0.2) is 0 Å². The summed E-state index contributed by atoms with van der Waals surface area (Å²) in [5.41, 5.74) is 1.69. The van der Waals surface area contributed by atoms with Gasteiger partial charge in [0.2, 0.25) is 0 Å². The number of carbonyl (C=O) groups is 2. The lowest BCUT2D eigenvalue weighted by Gasteiger charge is -2.09. The first-order valence-electron chi connectivity index (χ1n) is 7.93. The smallest absolute Gasteiger partial charge is 0.303 e. The first-order valence-corrected chi connectivity index (χ1v) is 7.93. The van der Waals surface area contributed by atoms with Crippen molar-refractivity contribution in [1.29, 1.82) is 0 Å². The number of halogens is 1. The molecule has 6 heteroatoms. The molecule has 2 N–H and O–H groups in total. The Balaban J connectivity index is 1.84. The molecular formula is C19H20FNO4. The van der Waals surface area contributed by atoms with E-state index in [1.807, 2.05) is 0 Å². The predicted molar refractivity (Wildman–Crippen MR) is 91.1 cm³/mol. The second-order valence-corrected chi connectivity index (χ2v) is 5.66. The Labute approximate surface area is 145 Å². The number of nitrogens with one attached hydrogen (secondary N) is 1. The Morgan fingerprint density at radius 3 is 2.56 bits per heavy atom. The maximum atomic E-state index is 13.7. The fourth-order valence-corrected chi connectivity index (χ4v) is 2.21. The lowest BCUT2D eigenvalue weighted by molar-refractivity contribution is -0.137. The van der Waals surface area contributed by atoms with Crippen molar-refractivity contribution < 1.29 is 23.8 Å². The number of carboxylic acids is 1. The Kier molecular flexibility index (Phi) is 6.51. The molecule has 5 nitrogen and oxygen atoms in total. The van der Waals surface area contributed by atoms with Crippen LogP contribution in [0.1, 0.15) is 34.3 Å². The molecule has 0 aromatic heterocycles. The van der Waals surface area contributed by atoms with Crippen LogP contribution in [0.5, 0.6) is 5.75 Å². The van der Waals surface area contributed by atoms with Crippen LogP contribution in [0.25, 0.3) is 0 Å². The fourth-order valence-electron chi connectivity index (χ4n) is 2.21. The van der Waals surface area contributed by atoms with E-state index < -0.39 is 17.7 Å². The number of carboxylic acid groups (broad SMARTS) is 1. The van der Waals surface area contributed by atoms with Gasteiger partial charge in [-0.3, -0.25) is 9.59 Å². The number of hydrogen-bond donors (Lipinski definition) is 2. The third-order valence-corrected chi connectivity index (χ3v) is 3.55. The summed E-state index contributed by atoms with van der Waals surface area (Å²) in [6, 6.07) is 11.5. The van der Waals surface area contributed by atoms with Gasteiger partial charge < -0.3 is 15.2 Å². The van der Waals surface area contributed by atoms with Gasteiger partial charge in [-0.1, -0.05) is 23.8 Å².